The first-order valence-corrected chi connectivity index (χ1v) is 15.8. The van der Waals surface area contributed by atoms with Crippen molar-refractivity contribution < 1.29 is 28.2 Å². The molecule has 0 bridgehead atoms. The standard InChI is InChI=1S/C33H31BrN2O7S/c1-5-7-16-42-31(38)21-10-8-20(9-11-21)25-15-13-23(43-25)18-27-30(37)36-29(22-12-14-26(40-4)24(34)17-22)28(32(39)41-6-2)19(3)35-33(36)44-27/h8-15,17-18,29H,5-7,16H2,1-4H3/b27-18-/t29-/m0/s1. The van der Waals surface area contributed by atoms with Crippen LogP contribution >= 0.6 is 27.3 Å². The number of benzene rings is 2. The fraction of sp³-hybridized carbons (Fsp3) is 0.273. The van der Waals surface area contributed by atoms with Crippen molar-refractivity contribution in [2.45, 2.75) is 39.7 Å². The Labute approximate surface area is 266 Å². The maximum atomic E-state index is 13.9. The van der Waals surface area contributed by atoms with Crippen LogP contribution in [0.4, 0.5) is 0 Å². The summed E-state index contributed by atoms with van der Waals surface area (Å²) in [6.45, 7) is 6.09. The molecule has 0 radical (unpaired) electrons. The Morgan fingerprint density at radius 1 is 1.07 bits per heavy atom. The van der Waals surface area contributed by atoms with Gasteiger partial charge >= 0.3 is 11.9 Å². The third-order valence-corrected chi connectivity index (χ3v) is 8.65. The van der Waals surface area contributed by atoms with E-state index in [-0.39, 0.29) is 18.1 Å². The van der Waals surface area contributed by atoms with Gasteiger partial charge in [-0.1, -0.05) is 42.9 Å². The Bertz CT molecular complexity index is 1920. The van der Waals surface area contributed by atoms with E-state index in [2.05, 4.69) is 20.9 Å². The number of carbonyl (C=O) groups is 2. The van der Waals surface area contributed by atoms with E-state index in [0.717, 1.165) is 18.4 Å². The molecule has 0 N–H and O–H groups in total. The van der Waals surface area contributed by atoms with Crippen LogP contribution in [-0.4, -0.2) is 36.8 Å². The molecule has 2 aromatic carbocycles. The van der Waals surface area contributed by atoms with E-state index >= 15 is 0 Å². The number of hydrogen-bond donors (Lipinski definition) is 0. The summed E-state index contributed by atoms with van der Waals surface area (Å²) in [5.41, 5.74) is 2.39. The molecule has 0 saturated heterocycles. The molecule has 44 heavy (non-hydrogen) atoms. The number of nitrogens with zero attached hydrogens (tertiary/aromatic N) is 2. The van der Waals surface area contributed by atoms with Crippen LogP contribution in [0.2, 0.25) is 0 Å². The van der Waals surface area contributed by atoms with E-state index in [9.17, 15) is 14.4 Å². The van der Waals surface area contributed by atoms with Crippen LogP contribution in [0.25, 0.3) is 17.4 Å². The number of unbranched alkanes of at least 4 members (excludes halogenated alkanes) is 1. The minimum absolute atomic E-state index is 0.186. The van der Waals surface area contributed by atoms with E-state index in [0.29, 0.717) is 60.1 Å². The summed E-state index contributed by atoms with van der Waals surface area (Å²) in [5.74, 6) is 0.780. The molecule has 1 atom stereocenters. The van der Waals surface area contributed by atoms with Crippen LogP contribution in [-0.2, 0) is 14.3 Å². The molecule has 3 heterocycles. The van der Waals surface area contributed by atoms with E-state index in [1.807, 2.05) is 19.1 Å². The summed E-state index contributed by atoms with van der Waals surface area (Å²) >= 11 is 4.73. The van der Waals surface area contributed by atoms with Crippen LogP contribution < -0.4 is 19.6 Å². The van der Waals surface area contributed by atoms with Gasteiger partial charge in [-0.05, 0) is 78.2 Å². The lowest BCUT2D eigenvalue weighted by atomic mass is 9.96. The van der Waals surface area contributed by atoms with Gasteiger partial charge in [-0.3, -0.25) is 9.36 Å². The highest BCUT2D eigenvalue weighted by Crippen LogP contribution is 2.35. The van der Waals surface area contributed by atoms with Crippen molar-refractivity contribution in [1.29, 1.82) is 0 Å². The minimum atomic E-state index is -0.756. The van der Waals surface area contributed by atoms with Crippen molar-refractivity contribution >= 4 is 45.3 Å². The molecular formula is C33H31BrN2O7S. The number of fused-ring (bicyclic) bond motifs is 1. The van der Waals surface area contributed by atoms with Crippen LogP contribution in [0.5, 0.6) is 5.75 Å². The van der Waals surface area contributed by atoms with E-state index in [1.54, 1.807) is 69.5 Å². The van der Waals surface area contributed by atoms with E-state index in [1.165, 1.54) is 15.9 Å². The molecular weight excluding hydrogens is 648 g/mol. The van der Waals surface area contributed by atoms with Crippen LogP contribution in [0.15, 0.2) is 84.5 Å². The lowest BCUT2D eigenvalue weighted by Gasteiger charge is -2.25. The predicted molar refractivity (Wildman–Crippen MR) is 170 cm³/mol. The van der Waals surface area contributed by atoms with Crippen LogP contribution in [0.1, 0.15) is 61.3 Å². The maximum absolute atomic E-state index is 13.9. The van der Waals surface area contributed by atoms with Gasteiger partial charge in [-0.15, -0.1) is 0 Å². The van der Waals surface area contributed by atoms with Gasteiger partial charge in [0, 0.05) is 11.6 Å². The Balaban J connectivity index is 1.50. The number of thiazole rings is 1. The summed E-state index contributed by atoms with van der Waals surface area (Å²) < 4.78 is 24.7. The molecule has 11 heteroatoms. The highest BCUT2D eigenvalue weighted by Gasteiger charge is 2.33. The first-order valence-electron chi connectivity index (χ1n) is 14.2. The van der Waals surface area contributed by atoms with E-state index < -0.39 is 12.0 Å². The van der Waals surface area contributed by atoms with Crippen molar-refractivity contribution in [3.05, 3.63) is 107 Å². The van der Waals surface area contributed by atoms with Gasteiger partial charge in [-0.2, -0.15) is 0 Å². The van der Waals surface area contributed by atoms with Crippen molar-refractivity contribution in [3.8, 4) is 17.1 Å². The number of halogens is 1. The number of rotatable bonds is 10. The summed E-state index contributed by atoms with van der Waals surface area (Å²) in [6.07, 6.45) is 3.44. The van der Waals surface area contributed by atoms with Crippen molar-refractivity contribution in [3.63, 3.8) is 0 Å². The topological polar surface area (TPSA) is 109 Å². The minimum Gasteiger partial charge on any atom is -0.496 e. The predicted octanol–water partition coefficient (Wildman–Crippen LogP) is 5.79. The molecule has 1 aliphatic heterocycles. The van der Waals surface area contributed by atoms with Gasteiger partial charge in [0.05, 0.1) is 52.2 Å². The zero-order chi connectivity index (χ0) is 31.4. The first-order chi connectivity index (χ1) is 21.2. The molecule has 5 rings (SSSR count). The molecule has 0 spiro atoms. The molecule has 4 aromatic rings. The average molecular weight is 680 g/mol. The zero-order valence-corrected chi connectivity index (χ0v) is 27.1. The van der Waals surface area contributed by atoms with Crippen molar-refractivity contribution in [1.82, 2.24) is 4.57 Å². The largest absolute Gasteiger partial charge is 0.496 e. The number of allylic oxidation sites excluding steroid dienone is 1. The number of aromatic nitrogens is 1. The highest BCUT2D eigenvalue weighted by molar-refractivity contribution is 9.10. The van der Waals surface area contributed by atoms with Gasteiger partial charge in [0.1, 0.15) is 17.3 Å². The number of ether oxygens (including phenoxy) is 3. The van der Waals surface area contributed by atoms with Crippen molar-refractivity contribution in [2.24, 2.45) is 4.99 Å². The van der Waals surface area contributed by atoms with Crippen molar-refractivity contribution in [2.75, 3.05) is 20.3 Å². The molecule has 0 saturated carbocycles. The lowest BCUT2D eigenvalue weighted by Crippen LogP contribution is -2.39. The Hall–Kier alpha value is -4.22. The fourth-order valence-electron chi connectivity index (χ4n) is 4.84. The van der Waals surface area contributed by atoms with Gasteiger partial charge in [0.25, 0.3) is 5.56 Å². The second-order valence-electron chi connectivity index (χ2n) is 9.97. The third kappa shape index (κ3) is 6.34. The quantitative estimate of drug-likeness (QED) is 0.154. The Morgan fingerprint density at radius 2 is 1.84 bits per heavy atom. The molecule has 1 aliphatic rings. The second-order valence-corrected chi connectivity index (χ2v) is 11.8. The molecule has 9 nitrogen and oxygen atoms in total. The molecule has 2 aromatic heterocycles. The smallest absolute Gasteiger partial charge is 0.338 e. The fourth-order valence-corrected chi connectivity index (χ4v) is 6.42. The Kier molecular flexibility index (Phi) is 9.65. The number of hydrogen-bond acceptors (Lipinski definition) is 9. The van der Waals surface area contributed by atoms with Crippen LogP contribution in [0, 0.1) is 0 Å². The number of esters is 2. The summed E-state index contributed by atoms with van der Waals surface area (Å²) in [4.78, 5) is 44.3. The number of furan rings is 1. The summed E-state index contributed by atoms with van der Waals surface area (Å²) in [5, 5.41) is 0. The molecule has 228 valence electrons. The van der Waals surface area contributed by atoms with Gasteiger partial charge in [0.15, 0.2) is 4.80 Å². The molecule has 0 fully saturated rings. The lowest BCUT2D eigenvalue weighted by molar-refractivity contribution is -0.139. The summed E-state index contributed by atoms with van der Waals surface area (Å²) in [7, 11) is 1.57. The SMILES string of the molecule is CCCCOC(=O)c1ccc(-c2ccc(/C=c3\sc4n(c3=O)[C@@H](c3ccc(OC)c(Br)c3)C(C(=O)OCC)=C(C)N=4)o2)cc1. The first kappa shape index (κ1) is 31.2. The van der Waals surface area contributed by atoms with Gasteiger partial charge in [0.2, 0.25) is 0 Å². The molecule has 0 aliphatic carbocycles. The molecule has 0 amide bonds. The Morgan fingerprint density at radius 3 is 2.52 bits per heavy atom. The summed E-state index contributed by atoms with van der Waals surface area (Å²) in [6, 6.07) is 15.2. The highest BCUT2D eigenvalue weighted by atomic mass is 79.9. The van der Waals surface area contributed by atoms with Gasteiger partial charge in [-0.25, -0.2) is 14.6 Å². The van der Waals surface area contributed by atoms with Gasteiger partial charge < -0.3 is 18.6 Å². The van der Waals surface area contributed by atoms with Crippen LogP contribution in [0.3, 0.4) is 0 Å². The van der Waals surface area contributed by atoms with E-state index in [4.69, 9.17) is 18.6 Å². The zero-order valence-electron chi connectivity index (χ0n) is 24.7. The average Bonchev–Trinajstić information content (AvgIpc) is 3.60. The third-order valence-electron chi connectivity index (χ3n) is 7.04. The number of carbonyl (C=O) groups excluding carboxylic acids is 2. The molecule has 0 unspecified atom stereocenters. The maximum Gasteiger partial charge on any atom is 0.338 e. The second kappa shape index (κ2) is 13.6. The normalized spacial score (nSPS) is 14.7. The number of methoxy groups -OCH3 is 1. The monoisotopic (exact) mass is 678 g/mol.